The van der Waals surface area contributed by atoms with Crippen molar-refractivity contribution in [3.63, 3.8) is 0 Å². The fourth-order valence-electron chi connectivity index (χ4n) is 2.02. The zero-order chi connectivity index (χ0) is 16.3. The molecule has 0 atom stereocenters. The maximum absolute atomic E-state index is 13.4. The van der Waals surface area contributed by atoms with Gasteiger partial charge >= 0.3 is 5.97 Å². The van der Waals surface area contributed by atoms with Crippen LogP contribution in [0, 0.1) is 18.2 Å². The Morgan fingerprint density at radius 2 is 1.86 bits per heavy atom. The van der Waals surface area contributed by atoms with Crippen LogP contribution in [0.3, 0.4) is 0 Å². The van der Waals surface area contributed by atoms with Gasteiger partial charge in [0.25, 0.3) is 5.91 Å². The van der Waals surface area contributed by atoms with Crippen molar-refractivity contribution < 1.29 is 23.9 Å². The van der Waals surface area contributed by atoms with Crippen molar-refractivity contribution in [1.82, 2.24) is 10.6 Å². The summed E-state index contributed by atoms with van der Waals surface area (Å²) in [7, 11) is 0. The molecule has 0 saturated heterocycles. The third-order valence-corrected chi connectivity index (χ3v) is 3.72. The number of aliphatic carboxylic acids is 1. The van der Waals surface area contributed by atoms with Crippen molar-refractivity contribution in [2.75, 3.05) is 13.1 Å². The van der Waals surface area contributed by atoms with Gasteiger partial charge in [0.15, 0.2) is 0 Å². The SMILES string of the molecule is Cc1ccc(C(=O)NCCNC(=O)C2(C(=O)O)CC2)cc1F. The molecule has 0 bridgehead atoms. The van der Waals surface area contributed by atoms with Crippen molar-refractivity contribution >= 4 is 17.8 Å². The van der Waals surface area contributed by atoms with Crippen molar-refractivity contribution in [2.45, 2.75) is 19.8 Å². The minimum absolute atomic E-state index is 0.119. The Bertz CT molecular complexity index is 626. The van der Waals surface area contributed by atoms with Gasteiger partial charge in [0.1, 0.15) is 11.2 Å². The smallest absolute Gasteiger partial charge is 0.319 e. The first-order valence-corrected chi connectivity index (χ1v) is 6.93. The first-order valence-electron chi connectivity index (χ1n) is 6.93. The van der Waals surface area contributed by atoms with E-state index in [1.165, 1.54) is 12.1 Å². The molecule has 7 heteroatoms. The van der Waals surface area contributed by atoms with Gasteiger partial charge in [-0.2, -0.15) is 0 Å². The summed E-state index contributed by atoms with van der Waals surface area (Å²) in [5.41, 5.74) is -0.643. The van der Waals surface area contributed by atoms with Crippen molar-refractivity contribution in [1.29, 1.82) is 0 Å². The van der Waals surface area contributed by atoms with E-state index >= 15 is 0 Å². The first-order chi connectivity index (χ1) is 10.4. The second kappa shape index (κ2) is 6.13. The van der Waals surface area contributed by atoms with Gasteiger partial charge in [0, 0.05) is 18.7 Å². The largest absolute Gasteiger partial charge is 0.480 e. The van der Waals surface area contributed by atoms with Crippen LogP contribution in [0.25, 0.3) is 0 Å². The third-order valence-electron chi connectivity index (χ3n) is 3.72. The van der Waals surface area contributed by atoms with E-state index in [1.54, 1.807) is 6.92 Å². The number of carboxylic acid groups (broad SMARTS) is 1. The normalized spacial score (nSPS) is 15.0. The molecule has 0 spiro atoms. The summed E-state index contributed by atoms with van der Waals surface area (Å²) < 4.78 is 13.4. The van der Waals surface area contributed by atoms with Gasteiger partial charge in [-0.05, 0) is 37.5 Å². The minimum atomic E-state index is -1.29. The maximum atomic E-state index is 13.4. The van der Waals surface area contributed by atoms with Crippen LogP contribution in [-0.4, -0.2) is 36.0 Å². The lowest BCUT2D eigenvalue weighted by atomic mass is 10.1. The van der Waals surface area contributed by atoms with Crippen LogP contribution in [-0.2, 0) is 9.59 Å². The average Bonchev–Trinajstić information content (AvgIpc) is 3.27. The summed E-state index contributed by atoms with van der Waals surface area (Å²) in [6.07, 6.45) is 0.673. The number of hydrogen-bond acceptors (Lipinski definition) is 3. The predicted molar refractivity (Wildman–Crippen MR) is 75.8 cm³/mol. The Balaban J connectivity index is 1.77. The molecule has 0 radical (unpaired) electrons. The van der Waals surface area contributed by atoms with E-state index in [9.17, 15) is 18.8 Å². The Kier molecular flexibility index (Phi) is 4.44. The number of carbonyl (C=O) groups is 3. The lowest BCUT2D eigenvalue weighted by molar-refractivity contribution is -0.149. The van der Waals surface area contributed by atoms with E-state index in [1.807, 2.05) is 0 Å². The van der Waals surface area contributed by atoms with E-state index in [0.717, 1.165) is 6.07 Å². The summed E-state index contributed by atoms with van der Waals surface area (Å²) in [6.45, 7) is 1.85. The molecule has 0 aromatic heterocycles. The van der Waals surface area contributed by atoms with Crippen molar-refractivity contribution in [2.24, 2.45) is 5.41 Å². The topological polar surface area (TPSA) is 95.5 Å². The molecule has 1 fully saturated rings. The molecular formula is C15H17FN2O4. The lowest BCUT2D eigenvalue weighted by Gasteiger charge is -2.11. The van der Waals surface area contributed by atoms with Crippen LogP contribution in [0.1, 0.15) is 28.8 Å². The minimum Gasteiger partial charge on any atom is -0.480 e. The fourth-order valence-corrected chi connectivity index (χ4v) is 2.02. The molecule has 6 nitrogen and oxygen atoms in total. The second-order valence-electron chi connectivity index (χ2n) is 5.36. The zero-order valence-corrected chi connectivity index (χ0v) is 12.1. The molecule has 2 rings (SSSR count). The Labute approximate surface area is 126 Å². The number of hydrogen-bond donors (Lipinski definition) is 3. The summed E-state index contributed by atoms with van der Waals surface area (Å²) in [6, 6.07) is 4.17. The number of amides is 2. The highest BCUT2D eigenvalue weighted by Gasteiger charge is 2.56. The number of carbonyl (C=O) groups excluding carboxylic acids is 2. The second-order valence-corrected chi connectivity index (χ2v) is 5.36. The molecule has 3 N–H and O–H groups in total. The average molecular weight is 308 g/mol. The van der Waals surface area contributed by atoms with Crippen LogP contribution in [0.4, 0.5) is 4.39 Å². The Morgan fingerprint density at radius 1 is 1.23 bits per heavy atom. The van der Waals surface area contributed by atoms with Crippen LogP contribution in [0.2, 0.25) is 0 Å². The Hall–Kier alpha value is -2.44. The molecular weight excluding hydrogens is 291 g/mol. The van der Waals surface area contributed by atoms with Gasteiger partial charge in [0.05, 0.1) is 0 Å². The quantitative estimate of drug-likeness (QED) is 0.536. The van der Waals surface area contributed by atoms with E-state index in [-0.39, 0.29) is 18.7 Å². The summed E-state index contributed by atoms with van der Waals surface area (Å²) in [5, 5.41) is 14.0. The van der Waals surface area contributed by atoms with Gasteiger partial charge in [-0.1, -0.05) is 6.07 Å². The number of aryl methyl sites for hydroxylation is 1. The molecule has 1 saturated carbocycles. The third kappa shape index (κ3) is 3.24. The highest BCUT2D eigenvalue weighted by atomic mass is 19.1. The predicted octanol–water partition coefficient (Wildman–Crippen LogP) is 0.845. The lowest BCUT2D eigenvalue weighted by Crippen LogP contribution is -2.41. The number of benzene rings is 1. The van der Waals surface area contributed by atoms with E-state index in [4.69, 9.17) is 5.11 Å². The van der Waals surface area contributed by atoms with Crippen LogP contribution >= 0.6 is 0 Å². The van der Waals surface area contributed by atoms with Crippen LogP contribution in [0.15, 0.2) is 18.2 Å². The van der Waals surface area contributed by atoms with Gasteiger partial charge in [-0.3, -0.25) is 14.4 Å². The molecule has 22 heavy (non-hydrogen) atoms. The molecule has 2 amide bonds. The van der Waals surface area contributed by atoms with Crippen molar-refractivity contribution in [3.8, 4) is 0 Å². The summed E-state index contributed by atoms with van der Waals surface area (Å²) in [4.78, 5) is 34.4. The Morgan fingerprint density at radius 3 is 2.41 bits per heavy atom. The molecule has 1 aromatic carbocycles. The van der Waals surface area contributed by atoms with E-state index in [2.05, 4.69) is 10.6 Å². The molecule has 118 valence electrons. The van der Waals surface area contributed by atoms with Crippen LogP contribution in [0.5, 0.6) is 0 Å². The van der Waals surface area contributed by atoms with Crippen LogP contribution < -0.4 is 10.6 Å². The van der Waals surface area contributed by atoms with Gasteiger partial charge in [-0.15, -0.1) is 0 Å². The fraction of sp³-hybridized carbons (Fsp3) is 0.400. The highest BCUT2D eigenvalue weighted by molar-refractivity contribution is 6.04. The molecule has 1 aromatic rings. The summed E-state index contributed by atoms with van der Waals surface area (Å²) in [5.74, 6) is -2.56. The first kappa shape index (κ1) is 15.9. The number of halogens is 1. The molecule has 0 unspecified atom stereocenters. The van der Waals surface area contributed by atoms with Crippen molar-refractivity contribution in [3.05, 3.63) is 35.1 Å². The molecule has 0 aliphatic heterocycles. The van der Waals surface area contributed by atoms with E-state index in [0.29, 0.717) is 18.4 Å². The monoisotopic (exact) mass is 308 g/mol. The van der Waals surface area contributed by atoms with Gasteiger partial charge in [0.2, 0.25) is 5.91 Å². The highest BCUT2D eigenvalue weighted by Crippen LogP contribution is 2.45. The number of nitrogens with one attached hydrogen (secondary N) is 2. The maximum Gasteiger partial charge on any atom is 0.319 e. The molecule has 1 aliphatic rings. The zero-order valence-electron chi connectivity index (χ0n) is 12.1. The van der Waals surface area contributed by atoms with E-state index < -0.39 is 29.0 Å². The van der Waals surface area contributed by atoms with Gasteiger partial charge < -0.3 is 15.7 Å². The summed E-state index contributed by atoms with van der Waals surface area (Å²) >= 11 is 0. The molecule has 0 heterocycles. The number of carboxylic acids is 1. The molecule has 1 aliphatic carbocycles. The van der Waals surface area contributed by atoms with Gasteiger partial charge in [-0.25, -0.2) is 4.39 Å². The standard InChI is InChI=1S/C15H17FN2O4/c1-9-2-3-10(8-11(9)16)12(19)17-6-7-18-13(20)15(4-5-15)14(21)22/h2-3,8H,4-7H2,1H3,(H,17,19)(H,18,20)(H,21,22). The number of rotatable bonds is 6.